The first-order chi connectivity index (χ1) is 15.7. The molecule has 10 heteroatoms. The van der Waals surface area contributed by atoms with Crippen LogP contribution < -0.4 is 10.1 Å². The maximum absolute atomic E-state index is 13.1. The molecule has 0 saturated heterocycles. The number of ether oxygens (including phenoxy) is 1. The molecule has 4 rings (SSSR count). The molecule has 0 fully saturated rings. The van der Waals surface area contributed by atoms with Crippen LogP contribution in [-0.2, 0) is 6.18 Å². The van der Waals surface area contributed by atoms with E-state index in [4.69, 9.17) is 4.74 Å². The Labute approximate surface area is 187 Å². The summed E-state index contributed by atoms with van der Waals surface area (Å²) >= 11 is 0. The first-order valence-corrected chi connectivity index (χ1v) is 9.93. The topological polar surface area (TPSA) is 74.0 Å². The van der Waals surface area contributed by atoms with Gasteiger partial charge in [0.05, 0.1) is 47.3 Å². The summed E-state index contributed by atoms with van der Waals surface area (Å²) in [6, 6.07) is 14.1. The van der Waals surface area contributed by atoms with Crippen LogP contribution in [0.2, 0.25) is 0 Å². The van der Waals surface area contributed by atoms with Crippen LogP contribution in [0.1, 0.15) is 27.4 Å². The number of rotatable bonds is 5. The van der Waals surface area contributed by atoms with Crippen LogP contribution in [0.5, 0.6) is 5.75 Å². The maximum atomic E-state index is 13.1. The first-order valence-electron chi connectivity index (χ1n) is 9.93. The molecule has 1 amide bonds. The molecule has 0 aliphatic heterocycles. The van der Waals surface area contributed by atoms with E-state index < -0.39 is 17.6 Å². The van der Waals surface area contributed by atoms with Crippen LogP contribution in [0.25, 0.3) is 11.4 Å². The number of para-hydroxylation sites is 1. The summed E-state index contributed by atoms with van der Waals surface area (Å²) in [5.41, 5.74) is 1.92. The van der Waals surface area contributed by atoms with Gasteiger partial charge in [-0.05, 0) is 44.2 Å². The van der Waals surface area contributed by atoms with Gasteiger partial charge in [-0.2, -0.15) is 23.4 Å². The Hall–Kier alpha value is -4.08. The van der Waals surface area contributed by atoms with Crippen molar-refractivity contribution in [3.63, 3.8) is 0 Å². The van der Waals surface area contributed by atoms with E-state index in [2.05, 4.69) is 15.5 Å². The summed E-state index contributed by atoms with van der Waals surface area (Å²) in [6.07, 6.45) is -3.14. The molecule has 0 unspecified atom stereocenters. The third-order valence-corrected chi connectivity index (χ3v) is 5.08. The highest BCUT2D eigenvalue weighted by Gasteiger charge is 2.31. The molecule has 170 valence electrons. The van der Waals surface area contributed by atoms with E-state index in [1.807, 2.05) is 37.3 Å². The van der Waals surface area contributed by atoms with E-state index in [1.165, 1.54) is 30.1 Å². The number of nitrogens with one attached hydrogen (secondary N) is 1. The van der Waals surface area contributed by atoms with E-state index in [0.29, 0.717) is 17.1 Å². The average Bonchev–Trinajstić information content (AvgIpc) is 3.36. The van der Waals surface area contributed by atoms with Crippen molar-refractivity contribution >= 4 is 11.6 Å². The second-order valence-corrected chi connectivity index (χ2v) is 7.29. The molecule has 0 aliphatic carbocycles. The largest absolute Gasteiger partial charge is 0.493 e. The van der Waals surface area contributed by atoms with Gasteiger partial charge in [0.15, 0.2) is 11.4 Å². The number of methoxy groups -OCH3 is 1. The molecule has 0 radical (unpaired) electrons. The number of benzene rings is 2. The van der Waals surface area contributed by atoms with Crippen molar-refractivity contribution < 1.29 is 22.7 Å². The van der Waals surface area contributed by atoms with Crippen molar-refractivity contribution in [2.45, 2.75) is 20.0 Å². The van der Waals surface area contributed by atoms with Crippen LogP contribution in [0.15, 0.2) is 60.8 Å². The van der Waals surface area contributed by atoms with Gasteiger partial charge in [-0.3, -0.25) is 4.79 Å². The van der Waals surface area contributed by atoms with Crippen molar-refractivity contribution in [3.8, 4) is 17.1 Å². The highest BCUT2D eigenvalue weighted by Crippen LogP contribution is 2.31. The quantitative estimate of drug-likeness (QED) is 0.462. The zero-order valence-corrected chi connectivity index (χ0v) is 18.0. The third kappa shape index (κ3) is 4.32. The number of carbonyl (C=O) groups excluding carboxylic acids is 1. The van der Waals surface area contributed by atoms with Gasteiger partial charge in [0.2, 0.25) is 0 Å². The lowest BCUT2D eigenvalue weighted by atomic mass is 10.2. The standard InChI is InChI=1S/C23H20F3N5O2/c1-14-20(15(2)31(28-14)17-9-5-4-6-10-17)27-22(32)21-19(33-3)13-30(29-21)18-11-7-8-16(12-18)23(24,25)26/h4-13H,1-3H3,(H,27,32). The molecular weight excluding hydrogens is 435 g/mol. The van der Waals surface area contributed by atoms with Crippen LogP contribution >= 0.6 is 0 Å². The molecule has 4 aromatic rings. The number of halogens is 3. The second kappa shape index (κ2) is 8.45. The number of hydrogen-bond acceptors (Lipinski definition) is 4. The third-order valence-electron chi connectivity index (χ3n) is 5.08. The lowest BCUT2D eigenvalue weighted by Gasteiger charge is -2.08. The van der Waals surface area contributed by atoms with Crippen molar-refractivity contribution in [1.29, 1.82) is 0 Å². The van der Waals surface area contributed by atoms with Crippen LogP contribution in [-0.4, -0.2) is 32.6 Å². The number of hydrogen-bond donors (Lipinski definition) is 1. The summed E-state index contributed by atoms with van der Waals surface area (Å²) < 4.78 is 47.4. The highest BCUT2D eigenvalue weighted by atomic mass is 19.4. The molecule has 2 aromatic heterocycles. The summed E-state index contributed by atoms with van der Waals surface area (Å²) in [5, 5.41) is 11.5. The Bertz CT molecular complexity index is 1310. The first kappa shape index (κ1) is 22.1. The van der Waals surface area contributed by atoms with E-state index in [0.717, 1.165) is 17.8 Å². The number of aromatic nitrogens is 4. The summed E-state index contributed by atoms with van der Waals surface area (Å²) in [5.74, 6) is -0.452. The Morgan fingerprint density at radius 1 is 1.00 bits per heavy atom. The number of anilines is 1. The molecule has 33 heavy (non-hydrogen) atoms. The van der Waals surface area contributed by atoms with Gasteiger partial charge in [0, 0.05) is 0 Å². The number of amides is 1. The monoisotopic (exact) mass is 455 g/mol. The van der Waals surface area contributed by atoms with Gasteiger partial charge in [0.1, 0.15) is 0 Å². The van der Waals surface area contributed by atoms with Crippen LogP contribution in [0.3, 0.4) is 0 Å². The van der Waals surface area contributed by atoms with Gasteiger partial charge >= 0.3 is 6.18 Å². The summed E-state index contributed by atoms with van der Waals surface area (Å²) in [4.78, 5) is 13.0. The van der Waals surface area contributed by atoms with Gasteiger partial charge in [0.25, 0.3) is 5.91 Å². The minimum absolute atomic E-state index is 0.0684. The van der Waals surface area contributed by atoms with Crippen LogP contribution in [0.4, 0.5) is 18.9 Å². The Kier molecular flexibility index (Phi) is 5.67. The van der Waals surface area contributed by atoms with Gasteiger partial charge in [-0.1, -0.05) is 24.3 Å². The molecule has 2 aromatic carbocycles. The van der Waals surface area contributed by atoms with Crippen LogP contribution in [0, 0.1) is 13.8 Å². The molecular formula is C23H20F3N5O2. The molecule has 7 nitrogen and oxygen atoms in total. The highest BCUT2D eigenvalue weighted by molar-refractivity contribution is 6.05. The van der Waals surface area contributed by atoms with E-state index in [1.54, 1.807) is 11.6 Å². The van der Waals surface area contributed by atoms with E-state index in [-0.39, 0.29) is 17.1 Å². The maximum Gasteiger partial charge on any atom is 0.416 e. The Morgan fingerprint density at radius 2 is 1.70 bits per heavy atom. The Balaban J connectivity index is 1.66. The molecule has 0 aliphatic rings. The van der Waals surface area contributed by atoms with E-state index >= 15 is 0 Å². The SMILES string of the molecule is COc1cn(-c2cccc(C(F)(F)F)c2)nc1C(=O)Nc1c(C)nn(-c2ccccc2)c1C. The molecule has 0 spiro atoms. The smallest absolute Gasteiger partial charge is 0.416 e. The van der Waals surface area contributed by atoms with Crippen molar-refractivity contribution in [3.05, 3.63) is 83.4 Å². The normalized spacial score (nSPS) is 11.5. The molecule has 0 atom stereocenters. The predicted molar refractivity (Wildman–Crippen MR) is 116 cm³/mol. The fourth-order valence-corrected chi connectivity index (χ4v) is 3.44. The molecule has 0 saturated carbocycles. The van der Waals surface area contributed by atoms with Gasteiger partial charge in [-0.15, -0.1) is 0 Å². The average molecular weight is 455 g/mol. The van der Waals surface area contributed by atoms with Crippen molar-refractivity contribution in [2.24, 2.45) is 0 Å². The Morgan fingerprint density at radius 3 is 2.36 bits per heavy atom. The number of carbonyl (C=O) groups is 1. The predicted octanol–water partition coefficient (Wildman–Crippen LogP) is 4.95. The number of nitrogens with zero attached hydrogens (tertiary/aromatic N) is 4. The number of aryl methyl sites for hydroxylation is 1. The zero-order chi connectivity index (χ0) is 23.8. The molecule has 0 bridgehead atoms. The minimum Gasteiger partial charge on any atom is -0.493 e. The molecule has 1 N–H and O–H groups in total. The summed E-state index contributed by atoms with van der Waals surface area (Å²) in [7, 11) is 1.36. The van der Waals surface area contributed by atoms with Crippen molar-refractivity contribution in [1.82, 2.24) is 19.6 Å². The lowest BCUT2D eigenvalue weighted by molar-refractivity contribution is -0.137. The number of alkyl halides is 3. The van der Waals surface area contributed by atoms with E-state index in [9.17, 15) is 18.0 Å². The van der Waals surface area contributed by atoms with Gasteiger partial charge in [-0.25, -0.2) is 9.36 Å². The minimum atomic E-state index is -4.50. The molecule has 2 heterocycles. The fourth-order valence-electron chi connectivity index (χ4n) is 3.44. The van der Waals surface area contributed by atoms with Gasteiger partial charge < -0.3 is 10.1 Å². The fraction of sp³-hybridized carbons (Fsp3) is 0.174. The summed E-state index contributed by atoms with van der Waals surface area (Å²) in [6.45, 7) is 3.58. The zero-order valence-electron chi connectivity index (χ0n) is 18.0. The van der Waals surface area contributed by atoms with Crippen molar-refractivity contribution in [2.75, 3.05) is 12.4 Å². The second-order valence-electron chi connectivity index (χ2n) is 7.29. The lowest BCUT2D eigenvalue weighted by Crippen LogP contribution is -2.15.